The van der Waals surface area contributed by atoms with Gasteiger partial charge in [0.05, 0.1) is 17.4 Å². The minimum atomic E-state index is -5.08. The first-order valence-electron chi connectivity index (χ1n) is 9.67. The maximum absolute atomic E-state index is 12.8. The Morgan fingerprint density at radius 2 is 1.88 bits per heavy atom. The zero-order chi connectivity index (χ0) is 23.6. The highest BCUT2D eigenvalue weighted by Crippen LogP contribution is 2.37. The van der Waals surface area contributed by atoms with Gasteiger partial charge < -0.3 is 25.2 Å². The lowest BCUT2D eigenvalue weighted by molar-refractivity contribution is -0.192. The molecule has 170 valence electrons. The molecule has 2 aliphatic rings. The first-order valence-corrected chi connectivity index (χ1v) is 9.67. The summed E-state index contributed by atoms with van der Waals surface area (Å²) in [5.74, 6) is -2.72. The second-order valence-corrected chi connectivity index (χ2v) is 7.59. The molecule has 2 heterocycles. The van der Waals surface area contributed by atoms with Gasteiger partial charge in [0.25, 0.3) is 0 Å². The number of halogens is 3. The van der Waals surface area contributed by atoms with Crippen LogP contribution in [0.2, 0.25) is 0 Å². The normalized spacial score (nSPS) is 16.6. The SMILES string of the molecule is CN(C)c1ccc(CNC2=CC3c4c(c[nH]c4C2=O)C=CN3C)cc1.O=C(O)C(F)(F)F. The number of carboxylic acid groups (broad SMARTS) is 1. The van der Waals surface area contributed by atoms with Gasteiger partial charge in [0.2, 0.25) is 5.78 Å². The summed E-state index contributed by atoms with van der Waals surface area (Å²) in [5.41, 5.74) is 5.84. The molecule has 0 bridgehead atoms. The van der Waals surface area contributed by atoms with E-state index in [4.69, 9.17) is 9.90 Å². The topological polar surface area (TPSA) is 88.7 Å². The van der Waals surface area contributed by atoms with Crippen molar-refractivity contribution in [2.45, 2.75) is 18.8 Å². The number of H-pyrrole nitrogens is 1. The summed E-state index contributed by atoms with van der Waals surface area (Å²) in [4.78, 5) is 29.0. The Kier molecular flexibility index (Phi) is 6.33. The summed E-state index contributed by atoms with van der Waals surface area (Å²) in [6.45, 7) is 0.625. The highest BCUT2D eigenvalue weighted by molar-refractivity contribution is 6.10. The predicted octanol–water partition coefficient (Wildman–Crippen LogP) is 3.54. The Hall–Kier alpha value is -3.69. The maximum Gasteiger partial charge on any atom is 0.490 e. The molecule has 4 rings (SSSR count). The minimum absolute atomic E-state index is 0.0334. The largest absolute Gasteiger partial charge is 0.490 e. The van der Waals surface area contributed by atoms with Crippen molar-refractivity contribution in [1.82, 2.24) is 15.2 Å². The number of alkyl halides is 3. The van der Waals surface area contributed by atoms with Gasteiger partial charge in [-0.05, 0) is 35.4 Å². The number of Topliss-reactive ketones (excluding diaryl/α,β-unsaturated/α-hetero) is 1. The van der Waals surface area contributed by atoms with E-state index in [2.05, 4.69) is 50.6 Å². The number of hydrogen-bond donors (Lipinski definition) is 3. The molecule has 2 aromatic rings. The lowest BCUT2D eigenvalue weighted by atomic mass is 9.90. The van der Waals surface area contributed by atoms with E-state index in [0.29, 0.717) is 17.9 Å². The molecular formula is C22H23F3N4O3. The second-order valence-electron chi connectivity index (χ2n) is 7.59. The van der Waals surface area contributed by atoms with Gasteiger partial charge in [0.1, 0.15) is 0 Å². The Labute approximate surface area is 182 Å². The van der Waals surface area contributed by atoms with Crippen molar-refractivity contribution in [3.8, 4) is 0 Å². The number of allylic oxidation sites excluding steroid dienone is 1. The molecule has 0 spiro atoms. The van der Waals surface area contributed by atoms with E-state index in [0.717, 1.165) is 22.4 Å². The summed E-state index contributed by atoms with van der Waals surface area (Å²) >= 11 is 0. The molecule has 1 atom stereocenters. The number of hydrogen-bond acceptors (Lipinski definition) is 5. The molecule has 0 amide bonds. The quantitative estimate of drug-likeness (QED) is 0.663. The number of rotatable bonds is 4. The van der Waals surface area contributed by atoms with Gasteiger partial charge in [-0.25, -0.2) is 4.79 Å². The number of aromatic nitrogens is 1. The van der Waals surface area contributed by atoms with E-state index in [1.807, 2.05) is 39.5 Å². The number of carbonyl (C=O) groups is 2. The third kappa shape index (κ3) is 4.79. The van der Waals surface area contributed by atoms with E-state index < -0.39 is 12.1 Å². The van der Waals surface area contributed by atoms with Gasteiger partial charge in [-0.3, -0.25) is 4.79 Å². The van der Waals surface area contributed by atoms with Crippen molar-refractivity contribution >= 4 is 23.5 Å². The number of aliphatic carboxylic acids is 1. The number of likely N-dealkylation sites (N-methyl/N-ethyl adjacent to an activating group) is 1. The van der Waals surface area contributed by atoms with E-state index in [9.17, 15) is 18.0 Å². The molecule has 0 fully saturated rings. The third-order valence-corrected chi connectivity index (χ3v) is 5.15. The highest BCUT2D eigenvalue weighted by atomic mass is 19.4. The van der Waals surface area contributed by atoms with Crippen molar-refractivity contribution in [3.05, 3.63) is 70.8 Å². The number of ketones is 1. The van der Waals surface area contributed by atoms with Gasteiger partial charge in [-0.1, -0.05) is 12.1 Å². The first-order chi connectivity index (χ1) is 15.0. The van der Waals surface area contributed by atoms with Gasteiger partial charge in [0, 0.05) is 51.3 Å². The van der Waals surface area contributed by atoms with Crippen LogP contribution >= 0.6 is 0 Å². The van der Waals surface area contributed by atoms with Gasteiger partial charge >= 0.3 is 12.1 Å². The predicted molar refractivity (Wildman–Crippen MR) is 114 cm³/mol. The van der Waals surface area contributed by atoms with Gasteiger partial charge in [-0.15, -0.1) is 0 Å². The van der Waals surface area contributed by atoms with Crippen LogP contribution in [0.5, 0.6) is 0 Å². The number of carboxylic acids is 1. The van der Waals surface area contributed by atoms with Crippen molar-refractivity contribution in [2.75, 3.05) is 26.0 Å². The zero-order valence-electron chi connectivity index (χ0n) is 17.7. The van der Waals surface area contributed by atoms with E-state index in [1.165, 1.54) is 0 Å². The highest BCUT2D eigenvalue weighted by Gasteiger charge is 2.38. The molecule has 3 N–H and O–H groups in total. The summed E-state index contributed by atoms with van der Waals surface area (Å²) < 4.78 is 31.7. The first kappa shape index (κ1) is 23.0. The van der Waals surface area contributed by atoms with Gasteiger partial charge in [0.15, 0.2) is 0 Å². The van der Waals surface area contributed by atoms with Gasteiger partial charge in [-0.2, -0.15) is 13.2 Å². The van der Waals surface area contributed by atoms with Crippen LogP contribution in [0.4, 0.5) is 18.9 Å². The maximum atomic E-state index is 12.8. The van der Waals surface area contributed by atoms with Crippen LogP contribution in [-0.2, 0) is 11.3 Å². The molecule has 1 aromatic carbocycles. The molecule has 1 aliphatic carbocycles. The van der Waals surface area contributed by atoms with E-state index in [-0.39, 0.29) is 11.8 Å². The number of anilines is 1. The van der Waals surface area contributed by atoms with Crippen LogP contribution in [0.3, 0.4) is 0 Å². The van der Waals surface area contributed by atoms with Crippen LogP contribution in [0.1, 0.15) is 33.2 Å². The molecule has 7 nitrogen and oxygen atoms in total. The molecule has 0 saturated heterocycles. The lowest BCUT2D eigenvalue weighted by Gasteiger charge is -2.32. The second kappa shape index (κ2) is 8.81. The number of aromatic amines is 1. The van der Waals surface area contributed by atoms with Crippen LogP contribution in [0.25, 0.3) is 6.08 Å². The summed E-state index contributed by atoms with van der Waals surface area (Å²) in [6, 6.07) is 8.44. The van der Waals surface area contributed by atoms with E-state index >= 15 is 0 Å². The fourth-order valence-electron chi connectivity index (χ4n) is 3.41. The Morgan fingerprint density at radius 1 is 1.25 bits per heavy atom. The summed E-state index contributed by atoms with van der Waals surface area (Å²) in [7, 11) is 6.08. The summed E-state index contributed by atoms with van der Waals surface area (Å²) in [5, 5.41) is 10.4. The van der Waals surface area contributed by atoms with E-state index in [1.54, 1.807) is 0 Å². The Morgan fingerprint density at radius 3 is 2.44 bits per heavy atom. The van der Waals surface area contributed by atoms with Crippen molar-refractivity contribution in [3.63, 3.8) is 0 Å². The van der Waals surface area contributed by atoms with Crippen LogP contribution in [-0.4, -0.2) is 54.1 Å². The average molecular weight is 448 g/mol. The monoisotopic (exact) mass is 448 g/mol. The van der Waals surface area contributed by atoms with Crippen LogP contribution in [0, 0.1) is 0 Å². The molecule has 1 unspecified atom stereocenters. The fraction of sp³-hybridized carbons (Fsp3) is 0.273. The Balaban J connectivity index is 0.000000360. The number of nitrogens with one attached hydrogen (secondary N) is 2. The van der Waals surface area contributed by atoms with Crippen LogP contribution < -0.4 is 10.2 Å². The summed E-state index contributed by atoms with van der Waals surface area (Å²) in [6.07, 6.45) is 2.95. The number of nitrogens with zero attached hydrogens (tertiary/aromatic N) is 2. The fourth-order valence-corrected chi connectivity index (χ4v) is 3.41. The lowest BCUT2D eigenvalue weighted by Crippen LogP contribution is -2.31. The zero-order valence-corrected chi connectivity index (χ0v) is 17.7. The standard InChI is InChI=1S/C20H22N4O.C2HF3O2/c1-23(2)15-6-4-13(5-7-15)11-21-16-10-17-18-14(8-9-24(17)3)12-22-19(18)20(16)25;3-2(4,5)1(6)7/h4-10,12,17,21-22H,11H2,1-3H3;(H,6,7). The molecule has 1 aromatic heterocycles. The molecule has 10 heteroatoms. The molecule has 32 heavy (non-hydrogen) atoms. The number of carbonyl (C=O) groups excluding carboxylic acids is 1. The molecule has 0 radical (unpaired) electrons. The minimum Gasteiger partial charge on any atom is -0.475 e. The number of benzene rings is 1. The van der Waals surface area contributed by atoms with Crippen LogP contribution in [0.15, 0.2) is 48.4 Å². The van der Waals surface area contributed by atoms with Crippen molar-refractivity contribution < 1.29 is 27.9 Å². The third-order valence-electron chi connectivity index (χ3n) is 5.15. The molecular weight excluding hydrogens is 425 g/mol. The average Bonchev–Trinajstić information content (AvgIpc) is 3.16. The molecule has 1 aliphatic heterocycles. The molecule has 0 saturated carbocycles. The van der Waals surface area contributed by atoms with Crippen molar-refractivity contribution in [2.24, 2.45) is 0 Å². The van der Waals surface area contributed by atoms with Crippen molar-refractivity contribution in [1.29, 1.82) is 0 Å². The Bertz CT molecular complexity index is 1070. The smallest absolute Gasteiger partial charge is 0.475 e.